The van der Waals surface area contributed by atoms with Crippen molar-refractivity contribution in [3.8, 4) is 11.5 Å². The average molecular weight is 749 g/mol. The molecule has 3 aromatic rings. The predicted molar refractivity (Wildman–Crippen MR) is 203 cm³/mol. The number of carbonyl (C=O) groups excluding carboxylic acids is 2. The zero-order valence-corrected chi connectivity index (χ0v) is 32.5. The number of anilines is 2. The minimum Gasteiger partial charge on any atom is -0.494 e. The van der Waals surface area contributed by atoms with Crippen molar-refractivity contribution in [2.75, 3.05) is 43.5 Å². The van der Waals surface area contributed by atoms with Gasteiger partial charge < -0.3 is 29.6 Å². The van der Waals surface area contributed by atoms with E-state index in [1.54, 1.807) is 48.5 Å². The van der Waals surface area contributed by atoms with E-state index < -0.39 is 45.4 Å². The third-order valence-corrected chi connectivity index (χ3v) is 14.1. The summed E-state index contributed by atoms with van der Waals surface area (Å²) in [7, 11) is 0.217. The Labute approximate surface area is 306 Å². The fourth-order valence-electron chi connectivity index (χ4n) is 6.81. The van der Waals surface area contributed by atoms with Gasteiger partial charge in [-0.15, -0.1) is 10.3 Å². The van der Waals surface area contributed by atoms with Gasteiger partial charge in [0.05, 0.1) is 30.5 Å². The number of rotatable bonds is 10. The van der Waals surface area contributed by atoms with E-state index in [4.69, 9.17) is 36.9 Å². The van der Waals surface area contributed by atoms with Gasteiger partial charge in [0.2, 0.25) is 11.8 Å². The molecule has 50 heavy (non-hydrogen) atoms. The van der Waals surface area contributed by atoms with Gasteiger partial charge >= 0.3 is 0 Å². The van der Waals surface area contributed by atoms with E-state index in [0.717, 1.165) is 0 Å². The number of nitrogens with one attached hydrogen (secondary N) is 3. The number of benzene rings is 3. The van der Waals surface area contributed by atoms with E-state index >= 15 is 4.39 Å². The van der Waals surface area contributed by atoms with Crippen molar-refractivity contribution in [1.29, 1.82) is 0 Å². The first kappa shape index (κ1) is 38.2. The van der Waals surface area contributed by atoms with Crippen LogP contribution in [-0.4, -0.2) is 61.5 Å². The molecule has 2 unspecified atom stereocenters. The molecule has 272 valence electrons. The number of halogens is 3. The largest absolute Gasteiger partial charge is 0.494 e. The van der Waals surface area contributed by atoms with Gasteiger partial charge in [0.1, 0.15) is 29.3 Å². The molecule has 12 heteroatoms. The van der Waals surface area contributed by atoms with Crippen molar-refractivity contribution in [1.82, 2.24) is 5.32 Å². The molecule has 1 saturated heterocycles. The van der Waals surface area contributed by atoms with Crippen LogP contribution in [0.25, 0.3) is 0 Å². The van der Waals surface area contributed by atoms with E-state index in [2.05, 4.69) is 70.0 Å². The Morgan fingerprint density at radius 3 is 2.40 bits per heavy atom. The third kappa shape index (κ3) is 7.33. The second-order valence-electron chi connectivity index (χ2n) is 15.5. The van der Waals surface area contributed by atoms with Gasteiger partial charge in [-0.25, -0.2) is 4.39 Å². The molecule has 1 fully saturated rings. The first-order chi connectivity index (χ1) is 23.3. The summed E-state index contributed by atoms with van der Waals surface area (Å²) in [5.74, 6) is -1.54. The van der Waals surface area contributed by atoms with Crippen molar-refractivity contribution < 1.29 is 27.6 Å². The maximum Gasteiger partial charge on any atom is 0.242 e. The van der Waals surface area contributed by atoms with Gasteiger partial charge in [-0.3, -0.25) is 9.59 Å². The summed E-state index contributed by atoms with van der Waals surface area (Å²) in [6.45, 7) is 13.4. The molecule has 5 rings (SSSR count). The summed E-state index contributed by atoms with van der Waals surface area (Å²) >= 11 is 12.7. The molecule has 0 saturated carbocycles. The fraction of sp³-hybridized carbons (Fsp3) is 0.474. The average Bonchev–Trinajstić information content (AvgIpc) is 3.49. The Hall–Kier alpha value is -3.02. The van der Waals surface area contributed by atoms with Crippen molar-refractivity contribution >= 4 is 56.7 Å². The number of amides is 2. The molecule has 4 atom stereocenters. The van der Waals surface area contributed by atoms with E-state index in [1.807, 2.05) is 0 Å². The van der Waals surface area contributed by atoms with Gasteiger partial charge in [-0.05, 0) is 65.8 Å². The molecule has 0 aliphatic carbocycles. The monoisotopic (exact) mass is 747 g/mol. The highest BCUT2D eigenvalue weighted by Gasteiger charge is 2.66. The Balaban J connectivity index is 1.50. The minimum atomic E-state index is -1.37. The Morgan fingerprint density at radius 1 is 1.02 bits per heavy atom. The Kier molecular flexibility index (Phi) is 10.8. The first-order valence-corrected chi connectivity index (χ1v) is 19.7. The minimum absolute atomic E-state index is 0.0346. The zero-order valence-electron chi connectivity index (χ0n) is 30.1. The third-order valence-electron chi connectivity index (χ3n) is 9.86. The summed E-state index contributed by atoms with van der Waals surface area (Å²) in [5.41, 5.74) is 0.0911. The maximum absolute atomic E-state index is 16.1. The SMILES string of the molecule is COc1cc(OCCOS(C)(C)C(C)(C)C)ccc1NC(=O)[C@@H]1NC(CC(C)(C)C)[C@@]2(C(=O)Nc3cc(Cl)ccc32)C1c1cccc(Cl)c1F. The van der Waals surface area contributed by atoms with Crippen LogP contribution in [0.1, 0.15) is 65.0 Å². The van der Waals surface area contributed by atoms with Crippen LogP contribution in [0, 0.1) is 11.2 Å². The smallest absolute Gasteiger partial charge is 0.242 e. The van der Waals surface area contributed by atoms with Crippen molar-refractivity contribution in [2.45, 2.75) is 76.1 Å². The molecule has 2 aliphatic heterocycles. The summed E-state index contributed by atoms with van der Waals surface area (Å²) in [5, 5.41) is 9.83. The van der Waals surface area contributed by atoms with Crippen LogP contribution in [0.2, 0.25) is 10.0 Å². The van der Waals surface area contributed by atoms with E-state index in [1.165, 1.54) is 13.2 Å². The second-order valence-corrected chi connectivity index (χ2v) is 20.2. The number of ether oxygens (including phenoxy) is 2. The number of carbonyl (C=O) groups is 2. The molecular formula is C38H48Cl2FN3O5S. The van der Waals surface area contributed by atoms with Gasteiger partial charge in [-0.1, -0.05) is 82.9 Å². The van der Waals surface area contributed by atoms with Crippen molar-refractivity contribution in [3.05, 3.63) is 81.6 Å². The van der Waals surface area contributed by atoms with Gasteiger partial charge in [-0.2, -0.15) is 0 Å². The Bertz CT molecular complexity index is 1780. The zero-order chi connectivity index (χ0) is 36.8. The van der Waals surface area contributed by atoms with Crippen LogP contribution >= 0.6 is 33.5 Å². The Morgan fingerprint density at radius 2 is 1.74 bits per heavy atom. The standard InChI is InChI=1S/C38H48Cl2FN3O5S/c1-36(2,3)21-30-38(25-15-13-22(39)19-28(25)43-35(38)46)31(24-11-10-12-26(40)32(24)41)33(44-30)34(45)42-27-16-14-23(20-29(27)47-7)48-17-18-49-50(8,9)37(4,5)6/h10-16,19-20,30-31,33,44H,17-18,21H2,1-9H3,(H,42,45)(H,43,46)/t30?,31?,33-,38-/m1/s1. The summed E-state index contributed by atoms with van der Waals surface area (Å²) < 4.78 is 34.0. The number of methoxy groups -OCH3 is 1. The highest BCUT2D eigenvalue weighted by molar-refractivity contribution is 8.29. The first-order valence-electron chi connectivity index (χ1n) is 16.6. The lowest BCUT2D eigenvalue weighted by Crippen LogP contribution is -2.49. The van der Waals surface area contributed by atoms with Crippen LogP contribution in [0.5, 0.6) is 11.5 Å². The lowest BCUT2D eigenvalue weighted by molar-refractivity contribution is -0.122. The molecule has 2 aliphatic rings. The molecular weight excluding hydrogens is 700 g/mol. The van der Waals surface area contributed by atoms with Gasteiger partial charge in [0.25, 0.3) is 0 Å². The summed E-state index contributed by atoms with van der Waals surface area (Å²) in [6.07, 6.45) is 4.77. The topological polar surface area (TPSA) is 97.9 Å². The van der Waals surface area contributed by atoms with Crippen molar-refractivity contribution in [3.63, 3.8) is 0 Å². The quantitative estimate of drug-likeness (QED) is 0.180. The molecule has 3 N–H and O–H groups in total. The maximum atomic E-state index is 16.1. The van der Waals surface area contributed by atoms with Crippen LogP contribution in [0.4, 0.5) is 15.8 Å². The van der Waals surface area contributed by atoms with E-state index in [0.29, 0.717) is 53.1 Å². The normalized spacial score (nSPS) is 22.3. The number of hydrogen-bond acceptors (Lipinski definition) is 6. The molecule has 2 heterocycles. The molecule has 0 bridgehead atoms. The van der Waals surface area contributed by atoms with Crippen LogP contribution in [0.3, 0.4) is 0 Å². The lowest BCUT2D eigenvalue weighted by Gasteiger charge is -2.43. The van der Waals surface area contributed by atoms with Crippen LogP contribution in [0.15, 0.2) is 54.6 Å². The highest BCUT2D eigenvalue weighted by atomic mass is 35.5. The predicted octanol–water partition coefficient (Wildman–Crippen LogP) is 8.70. The number of fused-ring (bicyclic) bond motifs is 2. The van der Waals surface area contributed by atoms with Crippen molar-refractivity contribution in [2.24, 2.45) is 5.41 Å². The summed E-state index contributed by atoms with van der Waals surface area (Å²) in [6, 6.07) is 13.4. The van der Waals surface area contributed by atoms with E-state index in [9.17, 15) is 9.59 Å². The van der Waals surface area contributed by atoms with E-state index in [-0.39, 0.29) is 26.7 Å². The molecule has 0 aromatic heterocycles. The highest BCUT2D eigenvalue weighted by Crippen LogP contribution is 2.57. The second kappa shape index (κ2) is 14.2. The molecule has 1 spiro atoms. The molecule has 3 aromatic carbocycles. The molecule has 0 radical (unpaired) electrons. The van der Waals surface area contributed by atoms with Gasteiger partial charge in [0.15, 0.2) is 0 Å². The van der Waals surface area contributed by atoms with Gasteiger partial charge in [0, 0.05) is 33.5 Å². The van der Waals surface area contributed by atoms with Crippen LogP contribution < -0.4 is 25.4 Å². The molecule has 8 nitrogen and oxygen atoms in total. The lowest BCUT2D eigenvalue weighted by atomic mass is 9.62. The summed E-state index contributed by atoms with van der Waals surface area (Å²) in [4.78, 5) is 28.9. The number of hydrogen-bond donors (Lipinski definition) is 3. The van der Waals surface area contributed by atoms with Crippen LogP contribution in [-0.2, 0) is 19.2 Å². The molecule has 2 amide bonds. The fourth-order valence-corrected chi connectivity index (χ4v) is 8.00.